The van der Waals surface area contributed by atoms with Crippen LogP contribution in [0.1, 0.15) is 0 Å². The first-order valence-electron chi connectivity index (χ1n) is 12.5. The zero-order valence-corrected chi connectivity index (χ0v) is 21.8. The molecule has 9 heteroatoms. The van der Waals surface area contributed by atoms with E-state index in [-0.39, 0.29) is 11.7 Å². The highest BCUT2D eigenvalue weighted by Gasteiger charge is 2.24. The second-order valence-corrected chi connectivity index (χ2v) is 9.91. The summed E-state index contributed by atoms with van der Waals surface area (Å²) in [6.45, 7) is 2.94. The fourth-order valence-corrected chi connectivity index (χ4v) is 5.62. The first kappa shape index (κ1) is 24.1. The predicted molar refractivity (Wildman–Crippen MR) is 149 cm³/mol. The van der Waals surface area contributed by atoms with Crippen LogP contribution in [0.2, 0.25) is 0 Å². The van der Waals surface area contributed by atoms with Gasteiger partial charge >= 0.3 is 0 Å². The van der Waals surface area contributed by atoms with Crippen LogP contribution in [0.5, 0.6) is 5.75 Å². The number of ether oxygens (including phenoxy) is 1. The van der Waals surface area contributed by atoms with Crippen LogP contribution >= 0.6 is 11.8 Å². The number of carbonyl (C=O) groups excluding carboxylic acids is 1. The second kappa shape index (κ2) is 10.6. The van der Waals surface area contributed by atoms with Crippen molar-refractivity contribution in [3.8, 4) is 23.0 Å². The molecule has 2 aromatic heterocycles. The molecule has 8 nitrogen and oxygen atoms in total. The van der Waals surface area contributed by atoms with Crippen molar-refractivity contribution >= 4 is 34.1 Å². The smallest absolute Gasteiger partial charge is 0.233 e. The van der Waals surface area contributed by atoms with Gasteiger partial charge in [0, 0.05) is 37.3 Å². The zero-order valence-electron chi connectivity index (χ0n) is 21.0. The number of methoxy groups -OCH3 is 1. The number of piperazine rings is 1. The maximum Gasteiger partial charge on any atom is 0.233 e. The highest BCUT2D eigenvalue weighted by Crippen LogP contribution is 2.32. The Labute approximate surface area is 224 Å². The van der Waals surface area contributed by atoms with E-state index in [1.165, 1.54) is 11.8 Å². The SMILES string of the molecule is COc1ccc(N2CCN(C(=O)CSc3nnc(-c4ccco4)n3-c3cccc4ccccc34)CC2)cc1. The van der Waals surface area contributed by atoms with Gasteiger partial charge < -0.3 is 19.0 Å². The van der Waals surface area contributed by atoms with Crippen LogP contribution in [-0.2, 0) is 4.79 Å². The third-order valence-corrected chi connectivity index (χ3v) is 7.69. The van der Waals surface area contributed by atoms with Crippen molar-refractivity contribution in [3.63, 3.8) is 0 Å². The van der Waals surface area contributed by atoms with Gasteiger partial charge in [0.25, 0.3) is 0 Å². The number of hydrogen-bond acceptors (Lipinski definition) is 7. The van der Waals surface area contributed by atoms with E-state index in [0.717, 1.165) is 41.0 Å². The minimum absolute atomic E-state index is 0.0939. The Morgan fingerprint density at radius 3 is 2.47 bits per heavy atom. The number of benzene rings is 3. The van der Waals surface area contributed by atoms with E-state index >= 15 is 0 Å². The maximum atomic E-state index is 13.2. The van der Waals surface area contributed by atoms with E-state index in [4.69, 9.17) is 9.15 Å². The van der Waals surface area contributed by atoms with Gasteiger partial charge in [0.15, 0.2) is 10.9 Å². The number of furan rings is 1. The van der Waals surface area contributed by atoms with Crippen LogP contribution in [0.25, 0.3) is 28.0 Å². The number of anilines is 1. The van der Waals surface area contributed by atoms with Crippen molar-refractivity contribution in [2.24, 2.45) is 0 Å². The third-order valence-electron chi connectivity index (χ3n) is 6.78. The molecule has 0 bridgehead atoms. The molecule has 3 heterocycles. The summed E-state index contributed by atoms with van der Waals surface area (Å²) in [5.41, 5.74) is 2.09. The average molecular weight is 526 g/mol. The molecule has 0 aliphatic carbocycles. The van der Waals surface area contributed by atoms with Crippen LogP contribution < -0.4 is 9.64 Å². The number of nitrogens with zero attached hydrogens (tertiary/aromatic N) is 5. The van der Waals surface area contributed by atoms with Gasteiger partial charge in [-0.05, 0) is 47.9 Å². The minimum Gasteiger partial charge on any atom is -0.497 e. The van der Waals surface area contributed by atoms with Crippen LogP contribution in [0.15, 0.2) is 94.7 Å². The molecule has 0 spiro atoms. The molecule has 0 N–H and O–H groups in total. The summed E-state index contributed by atoms with van der Waals surface area (Å²) in [6.07, 6.45) is 1.62. The highest BCUT2D eigenvalue weighted by atomic mass is 32.2. The van der Waals surface area contributed by atoms with Gasteiger partial charge in [0.2, 0.25) is 11.7 Å². The molecular formula is C29H27N5O3S. The van der Waals surface area contributed by atoms with E-state index in [2.05, 4.69) is 45.4 Å². The number of aromatic nitrogens is 3. The van der Waals surface area contributed by atoms with E-state index in [0.29, 0.717) is 29.8 Å². The van der Waals surface area contributed by atoms with Gasteiger partial charge in [-0.25, -0.2) is 0 Å². The van der Waals surface area contributed by atoms with E-state index in [1.54, 1.807) is 13.4 Å². The number of thioether (sulfide) groups is 1. The molecule has 3 aromatic carbocycles. The summed E-state index contributed by atoms with van der Waals surface area (Å²) in [5, 5.41) is 11.8. The van der Waals surface area contributed by atoms with Crippen molar-refractivity contribution in [1.29, 1.82) is 0 Å². The molecule has 1 aliphatic heterocycles. The Morgan fingerprint density at radius 2 is 1.71 bits per heavy atom. The van der Waals surface area contributed by atoms with E-state index in [9.17, 15) is 4.79 Å². The average Bonchev–Trinajstić information content (AvgIpc) is 3.66. The van der Waals surface area contributed by atoms with E-state index in [1.807, 2.05) is 58.0 Å². The van der Waals surface area contributed by atoms with Gasteiger partial charge in [0.1, 0.15) is 5.75 Å². The zero-order chi connectivity index (χ0) is 25.9. The Morgan fingerprint density at radius 1 is 0.921 bits per heavy atom. The topological polar surface area (TPSA) is 76.6 Å². The molecule has 1 fully saturated rings. The number of carbonyl (C=O) groups is 1. The summed E-state index contributed by atoms with van der Waals surface area (Å²) < 4.78 is 12.9. The molecular weight excluding hydrogens is 498 g/mol. The normalized spacial score (nSPS) is 13.7. The minimum atomic E-state index is 0.0939. The number of hydrogen-bond donors (Lipinski definition) is 0. The Kier molecular flexibility index (Phi) is 6.75. The monoisotopic (exact) mass is 525 g/mol. The Bertz CT molecular complexity index is 1540. The lowest BCUT2D eigenvalue weighted by atomic mass is 10.1. The van der Waals surface area contributed by atoms with Gasteiger partial charge in [-0.1, -0.05) is 48.2 Å². The quantitative estimate of drug-likeness (QED) is 0.273. The summed E-state index contributed by atoms with van der Waals surface area (Å²) in [4.78, 5) is 17.4. The first-order chi connectivity index (χ1) is 18.7. The molecule has 6 rings (SSSR count). The van der Waals surface area contributed by atoms with Gasteiger partial charge in [-0.2, -0.15) is 0 Å². The van der Waals surface area contributed by atoms with Crippen molar-refractivity contribution in [2.45, 2.75) is 5.16 Å². The first-order valence-corrected chi connectivity index (χ1v) is 13.5. The number of fused-ring (bicyclic) bond motifs is 1. The van der Waals surface area contributed by atoms with Gasteiger partial charge in [-0.15, -0.1) is 10.2 Å². The molecule has 1 aliphatic rings. The van der Waals surface area contributed by atoms with Crippen LogP contribution in [0.4, 0.5) is 5.69 Å². The van der Waals surface area contributed by atoms with Crippen LogP contribution in [0, 0.1) is 0 Å². The third kappa shape index (κ3) is 4.72. The molecule has 1 saturated heterocycles. The number of amides is 1. The molecule has 1 amide bonds. The van der Waals surface area contributed by atoms with E-state index < -0.39 is 0 Å². The standard InChI is InChI=1S/C29H27N5O3S/c1-36-23-13-11-22(12-14-23)32-15-17-33(18-16-32)27(35)20-38-29-31-30-28(26-10-5-19-37-26)34(29)25-9-4-7-21-6-2-3-8-24(21)25/h2-14,19H,15-18,20H2,1H3. The second-order valence-electron chi connectivity index (χ2n) is 8.97. The van der Waals surface area contributed by atoms with Crippen LogP contribution in [0.3, 0.4) is 0 Å². The van der Waals surface area contributed by atoms with Crippen molar-refractivity contribution in [2.75, 3.05) is 43.9 Å². The molecule has 0 radical (unpaired) electrons. The largest absolute Gasteiger partial charge is 0.497 e. The summed E-state index contributed by atoms with van der Waals surface area (Å²) >= 11 is 1.40. The maximum absolute atomic E-state index is 13.2. The Balaban J connectivity index is 1.19. The van der Waals surface area contributed by atoms with Crippen LogP contribution in [-0.4, -0.2) is 64.6 Å². The molecule has 0 saturated carbocycles. The van der Waals surface area contributed by atoms with Crippen molar-refractivity contribution < 1.29 is 13.9 Å². The number of rotatable bonds is 7. The molecule has 5 aromatic rings. The van der Waals surface area contributed by atoms with Crippen molar-refractivity contribution in [3.05, 3.63) is 85.1 Å². The summed E-state index contributed by atoms with van der Waals surface area (Å²) in [7, 11) is 1.67. The lowest BCUT2D eigenvalue weighted by Gasteiger charge is -2.36. The van der Waals surface area contributed by atoms with Gasteiger partial charge in [-0.3, -0.25) is 9.36 Å². The lowest BCUT2D eigenvalue weighted by Crippen LogP contribution is -2.49. The fraction of sp³-hybridized carbons (Fsp3) is 0.207. The fourth-order valence-electron chi connectivity index (χ4n) is 4.77. The molecule has 0 unspecified atom stereocenters. The molecule has 38 heavy (non-hydrogen) atoms. The molecule has 0 atom stereocenters. The summed E-state index contributed by atoms with van der Waals surface area (Å²) in [6, 6.07) is 26.1. The lowest BCUT2D eigenvalue weighted by molar-refractivity contribution is -0.128. The summed E-state index contributed by atoms with van der Waals surface area (Å²) in [5.74, 6) is 2.44. The highest BCUT2D eigenvalue weighted by molar-refractivity contribution is 7.99. The van der Waals surface area contributed by atoms with Gasteiger partial charge in [0.05, 0.1) is 24.8 Å². The molecule has 192 valence electrons. The predicted octanol–water partition coefficient (Wildman–Crippen LogP) is 5.13. The Hall–Kier alpha value is -4.24. The van der Waals surface area contributed by atoms with Crippen molar-refractivity contribution in [1.82, 2.24) is 19.7 Å².